The van der Waals surface area contributed by atoms with Crippen molar-refractivity contribution in [3.05, 3.63) is 29.8 Å². The van der Waals surface area contributed by atoms with Crippen molar-refractivity contribution < 1.29 is 4.79 Å². The monoisotopic (exact) mass is 289 g/mol. The summed E-state index contributed by atoms with van der Waals surface area (Å²) in [5.74, 6) is 0.168. The highest BCUT2D eigenvalue weighted by molar-refractivity contribution is 5.76. The number of carbonyl (C=O) groups excluding carboxylic acids is 1. The highest BCUT2D eigenvalue weighted by Gasteiger charge is 2.22. The minimum Gasteiger partial charge on any atom is -0.372 e. The van der Waals surface area contributed by atoms with E-state index in [0.29, 0.717) is 12.5 Å². The van der Waals surface area contributed by atoms with E-state index >= 15 is 0 Å². The van der Waals surface area contributed by atoms with E-state index in [1.54, 1.807) is 0 Å². The van der Waals surface area contributed by atoms with Crippen LogP contribution in [0.3, 0.4) is 0 Å². The van der Waals surface area contributed by atoms with Crippen LogP contribution in [0.15, 0.2) is 24.3 Å². The van der Waals surface area contributed by atoms with Gasteiger partial charge < -0.3 is 15.5 Å². The zero-order valence-corrected chi connectivity index (χ0v) is 13.2. The lowest BCUT2D eigenvalue weighted by Crippen LogP contribution is -2.29. The van der Waals surface area contributed by atoms with Crippen molar-refractivity contribution in [3.63, 3.8) is 0 Å². The van der Waals surface area contributed by atoms with E-state index in [9.17, 15) is 4.79 Å². The summed E-state index contributed by atoms with van der Waals surface area (Å²) in [6, 6.07) is 9.12. The van der Waals surface area contributed by atoms with Gasteiger partial charge in [-0.1, -0.05) is 12.1 Å². The van der Waals surface area contributed by atoms with Crippen LogP contribution in [0.1, 0.15) is 38.7 Å². The summed E-state index contributed by atoms with van der Waals surface area (Å²) < 4.78 is 0. The van der Waals surface area contributed by atoms with Crippen molar-refractivity contribution >= 4 is 11.6 Å². The molecule has 1 aliphatic rings. The molecule has 1 amide bonds. The molecule has 0 radical (unpaired) electrons. The van der Waals surface area contributed by atoms with Crippen LogP contribution >= 0.6 is 0 Å². The first-order chi connectivity index (χ1) is 10.2. The Morgan fingerprint density at radius 2 is 1.86 bits per heavy atom. The maximum atomic E-state index is 11.5. The number of amides is 1. The maximum Gasteiger partial charge on any atom is 0.221 e. The predicted octanol–water partition coefficient (Wildman–Crippen LogP) is 2.29. The van der Waals surface area contributed by atoms with Gasteiger partial charge in [-0.25, -0.2) is 0 Å². The van der Waals surface area contributed by atoms with Gasteiger partial charge in [0.15, 0.2) is 0 Å². The normalized spacial score (nSPS) is 14.0. The van der Waals surface area contributed by atoms with E-state index in [0.717, 1.165) is 39.0 Å². The Labute approximate surface area is 127 Å². The van der Waals surface area contributed by atoms with Crippen LogP contribution in [0.5, 0.6) is 0 Å². The number of rotatable bonds is 9. The molecule has 2 N–H and O–H groups in total. The Hall–Kier alpha value is -1.55. The Balaban J connectivity index is 1.67. The highest BCUT2D eigenvalue weighted by atomic mass is 16.1. The number of anilines is 1. The molecule has 0 unspecified atom stereocenters. The second-order valence-corrected chi connectivity index (χ2v) is 5.61. The van der Waals surface area contributed by atoms with Crippen LogP contribution in [0.4, 0.5) is 5.69 Å². The Morgan fingerprint density at radius 3 is 2.43 bits per heavy atom. The van der Waals surface area contributed by atoms with Crippen molar-refractivity contribution in [2.45, 2.75) is 45.7 Å². The summed E-state index contributed by atoms with van der Waals surface area (Å²) in [5, 5.41) is 6.33. The Bertz CT molecular complexity index is 436. The van der Waals surface area contributed by atoms with E-state index < -0.39 is 0 Å². The number of nitrogens with one attached hydrogen (secondary N) is 2. The molecule has 0 saturated heterocycles. The molecule has 1 saturated carbocycles. The fourth-order valence-electron chi connectivity index (χ4n) is 2.38. The summed E-state index contributed by atoms with van der Waals surface area (Å²) >= 11 is 0. The first-order valence-corrected chi connectivity index (χ1v) is 8.07. The SMILES string of the molecule is CCN(CC)c1ccc(CNCCC(=O)NC2CC2)cc1. The van der Waals surface area contributed by atoms with Crippen LogP contribution in [0.2, 0.25) is 0 Å². The molecular formula is C17H27N3O. The van der Waals surface area contributed by atoms with Crippen LogP contribution < -0.4 is 15.5 Å². The molecule has 116 valence electrons. The van der Waals surface area contributed by atoms with Gasteiger partial charge in [-0.2, -0.15) is 0 Å². The zero-order valence-electron chi connectivity index (χ0n) is 13.2. The molecule has 1 fully saturated rings. The van der Waals surface area contributed by atoms with Gasteiger partial charge in [0.2, 0.25) is 5.91 Å². The molecule has 0 spiro atoms. The molecule has 4 heteroatoms. The molecule has 21 heavy (non-hydrogen) atoms. The standard InChI is InChI=1S/C17H27N3O/c1-3-20(4-2)16-9-5-14(6-10-16)13-18-12-11-17(21)19-15-7-8-15/h5-6,9-10,15,18H,3-4,7-8,11-13H2,1-2H3,(H,19,21). The molecule has 1 aliphatic carbocycles. The van der Waals surface area contributed by atoms with E-state index in [1.165, 1.54) is 11.3 Å². The first-order valence-electron chi connectivity index (χ1n) is 8.07. The minimum atomic E-state index is 0.168. The Kier molecular flexibility index (Phi) is 6.05. The third kappa shape index (κ3) is 5.38. The molecule has 0 aliphatic heterocycles. The minimum absolute atomic E-state index is 0.168. The average molecular weight is 289 g/mol. The molecule has 0 aromatic heterocycles. The molecular weight excluding hydrogens is 262 g/mol. The second kappa shape index (κ2) is 8.03. The van der Waals surface area contributed by atoms with Crippen LogP contribution in [0, 0.1) is 0 Å². The summed E-state index contributed by atoms with van der Waals surface area (Å²) in [4.78, 5) is 13.9. The molecule has 1 aromatic rings. The number of benzene rings is 1. The summed E-state index contributed by atoms with van der Waals surface area (Å²) in [7, 11) is 0. The maximum absolute atomic E-state index is 11.5. The van der Waals surface area contributed by atoms with Gasteiger partial charge in [0.1, 0.15) is 0 Å². The smallest absolute Gasteiger partial charge is 0.221 e. The summed E-state index contributed by atoms with van der Waals surface area (Å²) in [6.07, 6.45) is 2.87. The summed E-state index contributed by atoms with van der Waals surface area (Å²) in [6.45, 7) is 7.96. The number of nitrogens with zero attached hydrogens (tertiary/aromatic N) is 1. The van der Waals surface area contributed by atoms with E-state index in [1.807, 2.05) is 0 Å². The molecule has 1 aromatic carbocycles. The lowest BCUT2D eigenvalue weighted by molar-refractivity contribution is -0.121. The van der Waals surface area contributed by atoms with Crippen molar-refractivity contribution in [3.8, 4) is 0 Å². The predicted molar refractivity (Wildman–Crippen MR) is 87.5 cm³/mol. The lowest BCUT2D eigenvalue weighted by atomic mass is 10.2. The van der Waals surface area contributed by atoms with E-state index in [-0.39, 0.29) is 5.91 Å². The Morgan fingerprint density at radius 1 is 1.19 bits per heavy atom. The molecule has 4 nitrogen and oxygen atoms in total. The largest absolute Gasteiger partial charge is 0.372 e. The van der Waals surface area contributed by atoms with Crippen LogP contribution in [-0.4, -0.2) is 31.6 Å². The quantitative estimate of drug-likeness (QED) is 0.686. The van der Waals surface area contributed by atoms with Gasteiger partial charge in [0, 0.05) is 44.3 Å². The van der Waals surface area contributed by atoms with Gasteiger partial charge in [0.25, 0.3) is 0 Å². The van der Waals surface area contributed by atoms with Gasteiger partial charge in [-0.3, -0.25) is 4.79 Å². The van der Waals surface area contributed by atoms with Gasteiger partial charge >= 0.3 is 0 Å². The third-order valence-electron chi connectivity index (χ3n) is 3.87. The number of hydrogen-bond donors (Lipinski definition) is 2. The fourth-order valence-corrected chi connectivity index (χ4v) is 2.38. The highest BCUT2D eigenvalue weighted by Crippen LogP contribution is 2.18. The van der Waals surface area contributed by atoms with Crippen LogP contribution in [-0.2, 0) is 11.3 Å². The van der Waals surface area contributed by atoms with Gasteiger partial charge in [0.05, 0.1) is 0 Å². The topological polar surface area (TPSA) is 44.4 Å². The molecule has 2 rings (SSSR count). The van der Waals surface area contributed by atoms with Crippen molar-refractivity contribution in [1.82, 2.24) is 10.6 Å². The van der Waals surface area contributed by atoms with Crippen molar-refractivity contribution in [1.29, 1.82) is 0 Å². The molecule has 0 heterocycles. The van der Waals surface area contributed by atoms with Gasteiger partial charge in [-0.05, 0) is 44.4 Å². The summed E-state index contributed by atoms with van der Waals surface area (Å²) in [5.41, 5.74) is 2.53. The third-order valence-corrected chi connectivity index (χ3v) is 3.87. The number of hydrogen-bond acceptors (Lipinski definition) is 3. The number of carbonyl (C=O) groups is 1. The van der Waals surface area contributed by atoms with E-state index in [2.05, 4.69) is 53.6 Å². The first kappa shape index (κ1) is 15.8. The lowest BCUT2D eigenvalue weighted by Gasteiger charge is -2.21. The van der Waals surface area contributed by atoms with Crippen molar-refractivity contribution in [2.75, 3.05) is 24.5 Å². The zero-order chi connectivity index (χ0) is 15.1. The van der Waals surface area contributed by atoms with E-state index in [4.69, 9.17) is 0 Å². The van der Waals surface area contributed by atoms with Gasteiger partial charge in [-0.15, -0.1) is 0 Å². The molecule has 0 atom stereocenters. The second-order valence-electron chi connectivity index (χ2n) is 5.61. The average Bonchev–Trinajstić information content (AvgIpc) is 3.30. The van der Waals surface area contributed by atoms with Crippen LogP contribution in [0.25, 0.3) is 0 Å². The van der Waals surface area contributed by atoms with Crippen molar-refractivity contribution in [2.24, 2.45) is 0 Å². The fraction of sp³-hybridized carbons (Fsp3) is 0.588. The molecule has 0 bridgehead atoms.